The molecule has 0 aliphatic carbocycles. The molecule has 0 unspecified atom stereocenters. The lowest BCUT2D eigenvalue weighted by atomic mass is 9.84. The van der Waals surface area contributed by atoms with Gasteiger partial charge < -0.3 is 24.3 Å². The molecule has 1 aliphatic rings. The molecule has 21 heavy (non-hydrogen) atoms. The molecule has 1 aromatic rings. The Kier molecular flexibility index (Phi) is 4.29. The van der Waals surface area contributed by atoms with Gasteiger partial charge in [-0.05, 0) is 20.8 Å². The van der Waals surface area contributed by atoms with Crippen molar-refractivity contribution in [2.75, 3.05) is 6.54 Å². The van der Waals surface area contributed by atoms with Gasteiger partial charge >= 0.3 is 13.2 Å². The molecule has 0 atom stereocenters. The SMILES string of the molecule is CCc1nc(B(O)O)c2n1CCN(C(=O)OC(C)(C)C)C2. The third kappa shape index (κ3) is 3.38. The summed E-state index contributed by atoms with van der Waals surface area (Å²) in [6.07, 6.45) is 0.304. The Morgan fingerprint density at radius 2 is 2.05 bits per heavy atom. The lowest BCUT2D eigenvalue weighted by molar-refractivity contribution is 0.0198. The molecule has 1 aliphatic heterocycles. The lowest BCUT2D eigenvalue weighted by Crippen LogP contribution is -2.45. The second kappa shape index (κ2) is 5.69. The molecule has 2 heterocycles. The number of imidazole rings is 1. The number of hydrogen-bond donors (Lipinski definition) is 2. The third-order valence-electron chi connectivity index (χ3n) is 3.33. The zero-order valence-electron chi connectivity index (χ0n) is 13.0. The first kappa shape index (κ1) is 15.8. The number of rotatable bonds is 2. The minimum Gasteiger partial charge on any atom is -0.444 e. The molecule has 7 nitrogen and oxygen atoms in total. The standard InChI is InChI=1S/C13H22BN3O4/c1-5-10-15-11(14(19)20)9-8-16(6-7-17(9)10)12(18)21-13(2,3)4/h19-20H,5-8H2,1-4H3. The molecule has 0 radical (unpaired) electrons. The van der Waals surface area contributed by atoms with Crippen molar-refractivity contribution in [1.29, 1.82) is 0 Å². The van der Waals surface area contributed by atoms with Crippen molar-refractivity contribution in [1.82, 2.24) is 14.5 Å². The Bertz CT molecular complexity index is 536. The Labute approximate surface area is 124 Å². The van der Waals surface area contributed by atoms with Gasteiger partial charge in [-0.1, -0.05) is 6.92 Å². The van der Waals surface area contributed by atoms with E-state index in [0.717, 1.165) is 5.82 Å². The van der Waals surface area contributed by atoms with Crippen LogP contribution < -0.4 is 5.59 Å². The second-order valence-corrected chi connectivity index (χ2v) is 6.14. The summed E-state index contributed by atoms with van der Waals surface area (Å²) in [5.41, 5.74) is 0.335. The summed E-state index contributed by atoms with van der Waals surface area (Å²) < 4.78 is 7.31. The molecule has 2 rings (SSSR count). The van der Waals surface area contributed by atoms with Crippen molar-refractivity contribution in [2.24, 2.45) is 0 Å². The van der Waals surface area contributed by atoms with Gasteiger partial charge in [0.2, 0.25) is 0 Å². The molecule has 8 heteroatoms. The number of carbonyl (C=O) groups is 1. The van der Waals surface area contributed by atoms with Crippen molar-refractivity contribution in [3.8, 4) is 0 Å². The molecule has 0 saturated carbocycles. The predicted octanol–water partition coefficient (Wildman–Crippen LogP) is -0.124. The highest BCUT2D eigenvalue weighted by molar-refractivity contribution is 6.58. The number of ether oxygens (including phenoxy) is 1. The third-order valence-corrected chi connectivity index (χ3v) is 3.33. The van der Waals surface area contributed by atoms with Gasteiger partial charge in [0.05, 0.1) is 17.8 Å². The summed E-state index contributed by atoms with van der Waals surface area (Å²) >= 11 is 0. The molecule has 1 amide bonds. The fourth-order valence-corrected chi connectivity index (χ4v) is 2.43. The van der Waals surface area contributed by atoms with Crippen LogP contribution in [-0.4, -0.2) is 49.9 Å². The number of hydrogen-bond acceptors (Lipinski definition) is 5. The molecular weight excluding hydrogens is 273 g/mol. The summed E-state index contributed by atoms with van der Waals surface area (Å²) in [5, 5.41) is 18.9. The maximum Gasteiger partial charge on any atom is 0.510 e. The van der Waals surface area contributed by atoms with Crippen LogP contribution in [0.2, 0.25) is 0 Å². The minimum absolute atomic E-state index is 0.222. The van der Waals surface area contributed by atoms with E-state index < -0.39 is 18.8 Å². The number of fused-ring (bicyclic) bond motifs is 1. The van der Waals surface area contributed by atoms with Crippen LogP contribution in [0.1, 0.15) is 39.2 Å². The van der Waals surface area contributed by atoms with E-state index in [-0.39, 0.29) is 12.1 Å². The van der Waals surface area contributed by atoms with Crippen LogP contribution in [0.4, 0.5) is 4.79 Å². The Morgan fingerprint density at radius 3 is 2.57 bits per heavy atom. The van der Waals surface area contributed by atoms with Crippen LogP contribution in [0.3, 0.4) is 0 Å². The van der Waals surface area contributed by atoms with Gasteiger partial charge in [0.25, 0.3) is 0 Å². The summed E-state index contributed by atoms with van der Waals surface area (Å²) in [7, 11) is -1.63. The van der Waals surface area contributed by atoms with Crippen LogP contribution in [0, 0.1) is 0 Å². The van der Waals surface area contributed by atoms with Gasteiger partial charge in [-0.15, -0.1) is 0 Å². The Hall–Kier alpha value is -1.54. The van der Waals surface area contributed by atoms with Crippen molar-refractivity contribution in [2.45, 2.75) is 52.8 Å². The summed E-state index contributed by atoms with van der Waals surface area (Å²) in [4.78, 5) is 18.0. The zero-order chi connectivity index (χ0) is 15.8. The van der Waals surface area contributed by atoms with Crippen molar-refractivity contribution in [3.05, 3.63) is 11.5 Å². The molecule has 0 bridgehead atoms. The first-order chi connectivity index (χ1) is 9.73. The molecule has 0 fully saturated rings. The normalized spacial score (nSPS) is 14.9. The van der Waals surface area contributed by atoms with Crippen molar-refractivity contribution in [3.63, 3.8) is 0 Å². The number of aryl methyl sites for hydroxylation is 1. The number of amides is 1. The monoisotopic (exact) mass is 295 g/mol. The van der Waals surface area contributed by atoms with E-state index in [1.54, 1.807) is 4.90 Å². The largest absolute Gasteiger partial charge is 0.510 e. The molecule has 0 saturated heterocycles. The average Bonchev–Trinajstić information content (AvgIpc) is 2.74. The van der Waals surface area contributed by atoms with E-state index in [1.165, 1.54) is 0 Å². The molecule has 2 N–H and O–H groups in total. The maximum absolute atomic E-state index is 12.1. The van der Waals surface area contributed by atoms with E-state index in [9.17, 15) is 14.8 Å². The fourth-order valence-electron chi connectivity index (χ4n) is 2.43. The quantitative estimate of drug-likeness (QED) is 0.742. The van der Waals surface area contributed by atoms with Crippen LogP contribution in [-0.2, 0) is 24.2 Å². The Morgan fingerprint density at radius 1 is 1.38 bits per heavy atom. The van der Waals surface area contributed by atoms with Gasteiger partial charge in [0, 0.05) is 19.5 Å². The summed E-state index contributed by atoms with van der Waals surface area (Å²) in [6.45, 7) is 8.79. The highest BCUT2D eigenvalue weighted by atomic mass is 16.6. The highest BCUT2D eigenvalue weighted by Gasteiger charge is 2.32. The van der Waals surface area contributed by atoms with Crippen molar-refractivity contribution >= 4 is 18.8 Å². The maximum atomic E-state index is 12.1. The van der Waals surface area contributed by atoms with Crippen molar-refractivity contribution < 1.29 is 19.6 Å². The zero-order valence-corrected chi connectivity index (χ0v) is 13.0. The minimum atomic E-state index is -1.63. The van der Waals surface area contributed by atoms with E-state index in [2.05, 4.69) is 4.98 Å². The lowest BCUT2D eigenvalue weighted by Gasteiger charge is -2.31. The smallest absolute Gasteiger partial charge is 0.444 e. The molecule has 0 aromatic carbocycles. The van der Waals surface area contributed by atoms with Gasteiger partial charge in [-0.25, -0.2) is 9.78 Å². The molecule has 0 spiro atoms. The first-order valence-corrected chi connectivity index (χ1v) is 7.15. The highest BCUT2D eigenvalue weighted by Crippen LogP contribution is 2.17. The van der Waals surface area contributed by atoms with Crippen LogP contribution in [0.5, 0.6) is 0 Å². The van der Waals surface area contributed by atoms with E-state index in [0.29, 0.717) is 25.2 Å². The number of aromatic nitrogens is 2. The van der Waals surface area contributed by atoms with E-state index in [1.807, 2.05) is 32.3 Å². The molecular formula is C13H22BN3O4. The first-order valence-electron chi connectivity index (χ1n) is 7.15. The molecule has 1 aromatic heterocycles. The fraction of sp³-hybridized carbons (Fsp3) is 0.692. The topological polar surface area (TPSA) is 87.8 Å². The summed E-state index contributed by atoms with van der Waals surface area (Å²) in [6, 6.07) is 0. The summed E-state index contributed by atoms with van der Waals surface area (Å²) in [5.74, 6) is 0.803. The van der Waals surface area contributed by atoms with Crippen LogP contribution in [0.25, 0.3) is 0 Å². The number of nitrogens with zero attached hydrogens (tertiary/aromatic N) is 3. The van der Waals surface area contributed by atoms with Gasteiger partial charge in [0.15, 0.2) is 0 Å². The van der Waals surface area contributed by atoms with E-state index >= 15 is 0 Å². The predicted molar refractivity (Wildman–Crippen MR) is 78.1 cm³/mol. The van der Waals surface area contributed by atoms with Crippen LogP contribution >= 0.6 is 0 Å². The number of carbonyl (C=O) groups excluding carboxylic acids is 1. The second-order valence-electron chi connectivity index (χ2n) is 6.14. The van der Waals surface area contributed by atoms with Gasteiger partial charge in [0.1, 0.15) is 11.4 Å². The van der Waals surface area contributed by atoms with Gasteiger partial charge in [-0.3, -0.25) is 0 Å². The van der Waals surface area contributed by atoms with Gasteiger partial charge in [-0.2, -0.15) is 0 Å². The Balaban J connectivity index is 2.23. The van der Waals surface area contributed by atoms with Crippen LogP contribution in [0.15, 0.2) is 0 Å². The van der Waals surface area contributed by atoms with E-state index in [4.69, 9.17) is 4.74 Å². The average molecular weight is 295 g/mol. The molecule has 116 valence electrons.